The van der Waals surface area contributed by atoms with Gasteiger partial charge in [-0.25, -0.2) is 4.39 Å². The lowest BCUT2D eigenvalue weighted by Crippen LogP contribution is -2.11. The van der Waals surface area contributed by atoms with Crippen molar-refractivity contribution in [1.29, 1.82) is 0 Å². The fourth-order valence-corrected chi connectivity index (χ4v) is 1.87. The molecule has 0 bridgehead atoms. The number of halogens is 1. The van der Waals surface area contributed by atoms with Gasteiger partial charge in [0.2, 0.25) is 0 Å². The summed E-state index contributed by atoms with van der Waals surface area (Å²) in [7, 11) is 1.43. The highest BCUT2D eigenvalue weighted by atomic mass is 19.1. The van der Waals surface area contributed by atoms with Crippen LogP contribution in [0.1, 0.15) is 38.4 Å². The zero-order chi connectivity index (χ0) is 12.1. The van der Waals surface area contributed by atoms with Gasteiger partial charge in [0, 0.05) is 0 Å². The molecule has 0 aliphatic rings. The maximum atomic E-state index is 13.4. The number of benzene rings is 1. The van der Waals surface area contributed by atoms with E-state index in [-0.39, 0.29) is 11.7 Å². The molecule has 90 valence electrons. The van der Waals surface area contributed by atoms with Crippen molar-refractivity contribution in [2.75, 3.05) is 7.11 Å². The van der Waals surface area contributed by atoms with E-state index in [2.05, 4.69) is 0 Å². The maximum absolute atomic E-state index is 13.4. The molecule has 0 radical (unpaired) electrons. The molecular weight excluding hydrogens is 207 g/mol. The second-order valence-electron chi connectivity index (χ2n) is 3.92. The van der Waals surface area contributed by atoms with E-state index < -0.39 is 11.9 Å². The van der Waals surface area contributed by atoms with Crippen molar-refractivity contribution in [2.24, 2.45) is 5.92 Å². The summed E-state index contributed by atoms with van der Waals surface area (Å²) in [5.74, 6) is -0.0432. The molecular formula is C13H19FO2. The number of hydrogen-bond acceptors (Lipinski definition) is 2. The summed E-state index contributed by atoms with van der Waals surface area (Å²) >= 11 is 0. The van der Waals surface area contributed by atoms with Crippen molar-refractivity contribution in [1.82, 2.24) is 0 Å². The zero-order valence-electron chi connectivity index (χ0n) is 10.0. The highest BCUT2D eigenvalue weighted by molar-refractivity contribution is 5.30. The molecule has 1 atom stereocenters. The Balaban J connectivity index is 2.91. The van der Waals surface area contributed by atoms with E-state index in [1.165, 1.54) is 13.2 Å². The summed E-state index contributed by atoms with van der Waals surface area (Å²) in [6, 6.07) is 4.61. The van der Waals surface area contributed by atoms with Crippen LogP contribution in [0.5, 0.6) is 5.75 Å². The first-order chi connectivity index (χ1) is 7.63. The van der Waals surface area contributed by atoms with Gasteiger partial charge in [0.15, 0.2) is 11.6 Å². The maximum Gasteiger partial charge on any atom is 0.165 e. The van der Waals surface area contributed by atoms with Crippen LogP contribution in [0.4, 0.5) is 4.39 Å². The predicted molar refractivity (Wildman–Crippen MR) is 62.0 cm³/mol. The van der Waals surface area contributed by atoms with Gasteiger partial charge in [0.25, 0.3) is 0 Å². The molecule has 1 aromatic carbocycles. The number of methoxy groups -OCH3 is 1. The van der Waals surface area contributed by atoms with E-state index in [1.54, 1.807) is 12.1 Å². The van der Waals surface area contributed by atoms with Crippen LogP contribution in [0.25, 0.3) is 0 Å². The summed E-state index contributed by atoms with van der Waals surface area (Å²) in [6.45, 7) is 4.05. The summed E-state index contributed by atoms with van der Waals surface area (Å²) in [4.78, 5) is 0. The molecule has 0 spiro atoms. The van der Waals surface area contributed by atoms with Crippen LogP contribution < -0.4 is 4.74 Å². The molecule has 0 aromatic heterocycles. The molecule has 0 saturated carbocycles. The van der Waals surface area contributed by atoms with E-state index >= 15 is 0 Å². The van der Waals surface area contributed by atoms with E-state index in [4.69, 9.17) is 4.74 Å². The molecule has 1 N–H and O–H groups in total. The van der Waals surface area contributed by atoms with Crippen LogP contribution in [-0.2, 0) is 0 Å². The fourth-order valence-electron chi connectivity index (χ4n) is 1.87. The Labute approximate surface area is 96.1 Å². The SMILES string of the molecule is CCC(CC)C(O)c1ccc(OC)c(F)c1. The molecule has 2 nitrogen and oxygen atoms in total. The molecule has 0 saturated heterocycles. The van der Waals surface area contributed by atoms with Crippen LogP contribution in [0.3, 0.4) is 0 Å². The topological polar surface area (TPSA) is 29.5 Å². The van der Waals surface area contributed by atoms with Crippen molar-refractivity contribution in [3.8, 4) is 5.75 Å². The van der Waals surface area contributed by atoms with Gasteiger partial charge >= 0.3 is 0 Å². The average molecular weight is 226 g/mol. The van der Waals surface area contributed by atoms with Gasteiger partial charge in [-0.05, 0) is 23.6 Å². The molecule has 1 unspecified atom stereocenters. The molecule has 1 rings (SSSR count). The van der Waals surface area contributed by atoms with Gasteiger partial charge in [0.05, 0.1) is 13.2 Å². The Morgan fingerprint density at radius 1 is 1.31 bits per heavy atom. The molecule has 3 heteroatoms. The van der Waals surface area contributed by atoms with E-state index in [1.807, 2.05) is 13.8 Å². The zero-order valence-corrected chi connectivity index (χ0v) is 10.0. The molecule has 0 amide bonds. The van der Waals surface area contributed by atoms with Gasteiger partial charge in [-0.1, -0.05) is 32.8 Å². The number of aliphatic hydroxyl groups excluding tert-OH is 1. The van der Waals surface area contributed by atoms with Gasteiger partial charge in [-0.3, -0.25) is 0 Å². The number of rotatable bonds is 5. The Hall–Kier alpha value is -1.09. The second-order valence-corrected chi connectivity index (χ2v) is 3.92. The highest BCUT2D eigenvalue weighted by Crippen LogP contribution is 2.29. The Morgan fingerprint density at radius 3 is 2.38 bits per heavy atom. The lowest BCUT2D eigenvalue weighted by Gasteiger charge is -2.20. The normalized spacial score (nSPS) is 12.9. The molecule has 16 heavy (non-hydrogen) atoms. The van der Waals surface area contributed by atoms with Crippen LogP contribution in [0.15, 0.2) is 18.2 Å². The number of hydrogen-bond donors (Lipinski definition) is 1. The number of aliphatic hydroxyl groups is 1. The van der Waals surface area contributed by atoms with Crippen molar-refractivity contribution >= 4 is 0 Å². The molecule has 0 aliphatic heterocycles. The third kappa shape index (κ3) is 2.73. The predicted octanol–water partition coefficient (Wildman–Crippen LogP) is 3.30. The van der Waals surface area contributed by atoms with E-state index in [0.29, 0.717) is 5.56 Å². The second kappa shape index (κ2) is 5.85. The lowest BCUT2D eigenvalue weighted by molar-refractivity contribution is 0.103. The molecule has 1 aromatic rings. The fraction of sp³-hybridized carbons (Fsp3) is 0.538. The van der Waals surface area contributed by atoms with Crippen molar-refractivity contribution in [2.45, 2.75) is 32.8 Å². The molecule has 0 heterocycles. The summed E-state index contributed by atoms with van der Waals surface area (Å²) in [5, 5.41) is 10.1. The monoisotopic (exact) mass is 226 g/mol. The Bertz CT molecular complexity index is 335. The van der Waals surface area contributed by atoms with E-state index in [0.717, 1.165) is 12.8 Å². The van der Waals surface area contributed by atoms with Crippen LogP contribution in [0, 0.1) is 11.7 Å². The van der Waals surface area contributed by atoms with Crippen molar-refractivity contribution in [3.63, 3.8) is 0 Å². The first-order valence-electron chi connectivity index (χ1n) is 5.65. The van der Waals surface area contributed by atoms with Crippen LogP contribution in [-0.4, -0.2) is 12.2 Å². The lowest BCUT2D eigenvalue weighted by atomic mass is 9.91. The minimum Gasteiger partial charge on any atom is -0.494 e. The first-order valence-corrected chi connectivity index (χ1v) is 5.65. The largest absolute Gasteiger partial charge is 0.494 e. The van der Waals surface area contributed by atoms with E-state index in [9.17, 15) is 9.50 Å². The van der Waals surface area contributed by atoms with Gasteiger partial charge in [-0.2, -0.15) is 0 Å². The molecule has 0 aliphatic carbocycles. The summed E-state index contributed by atoms with van der Waals surface area (Å²) in [5.41, 5.74) is 0.618. The van der Waals surface area contributed by atoms with Crippen LogP contribution >= 0.6 is 0 Å². The third-order valence-corrected chi connectivity index (χ3v) is 3.01. The number of ether oxygens (including phenoxy) is 1. The first kappa shape index (κ1) is 13.0. The van der Waals surface area contributed by atoms with Crippen molar-refractivity contribution < 1.29 is 14.2 Å². The minimum atomic E-state index is -0.601. The van der Waals surface area contributed by atoms with Crippen molar-refractivity contribution in [3.05, 3.63) is 29.6 Å². The summed E-state index contributed by atoms with van der Waals surface area (Å²) < 4.78 is 18.3. The molecule has 0 fully saturated rings. The smallest absolute Gasteiger partial charge is 0.165 e. The minimum absolute atomic E-state index is 0.174. The summed E-state index contributed by atoms with van der Waals surface area (Å²) in [6.07, 6.45) is 1.16. The standard InChI is InChI=1S/C13H19FO2/c1-4-9(5-2)13(15)10-6-7-12(16-3)11(14)8-10/h6-9,13,15H,4-5H2,1-3H3. The Morgan fingerprint density at radius 2 is 1.94 bits per heavy atom. The van der Waals surface area contributed by atoms with Gasteiger partial charge in [0.1, 0.15) is 0 Å². The average Bonchev–Trinajstić information content (AvgIpc) is 2.30. The van der Waals surface area contributed by atoms with Gasteiger partial charge in [-0.15, -0.1) is 0 Å². The Kier molecular flexibility index (Phi) is 4.74. The quantitative estimate of drug-likeness (QED) is 0.834. The highest BCUT2D eigenvalue weighted by Gasteiger charge is 2.18. The third-order valence-electron chi connectivity index (χ3n) is 3.01. The van der Waals surface area contributed by atoms with Crippen LogP contribution in [0.2, 0.25) is 0 Å². The van der Waals surface area contributed by atoms with Gasteiger partial charge < -0.3 is 9.84 Å².